The van der Waals surface area contributed by atoms with Crippen LogP contribution in [-0.2, 0) is 4.79 Å². The molecule has 26 heavy (non-hydrogen) atoms. The maximum atomic E-state index is 11.9. The number of hydrogen-bond acceptors (Lipinski definition) is 4. The number of carbonyl (C=O) groups is 1. The van der Waals surface area contributed by atoms with E-state index in [4.69, 9.17) is 10.5 Å². The van der Waals surface area contributed by atoms with Crippen molar-refractivity contribution in [3.63, 3.8) is 0 Å². The largest absolute Gasteiger partial charge is 0.457 e. The number of hydrogen-bond donors (Lipinski definition) is 2. The molecule has 3 aromatic rings. The first-order chi connectivity index (χ1) is 12.7. The SMILES string of the molecule is CCC(N)C(=O)Nc1cc(Oc2ccccc2-c2ccccc2)ccn1. The van der Waals surface area contributed by atoms with Gasteiger partial charge >= 0.3 is 0 Å². The second-order valence-electron chi connectivity index (χ2n) is 5.85. The molecule has 3 rings (SSSR count). The van der Waals surface area contributed by atoms with Gasteiger partial charge in [-0.15, -0.1) is 0 Å². The number of ether oxygens (including phenoxy) is 1. The van der Waals surface area contributed by atoms with Crippen molar-refractivity contribution in [2.75, 3.05) is 5.32 Å². The molecule has 0 fully saturated rings. The molecule has 0 aliphatic carbocycles. The Hall–Kier alpha value is -3.18. The van der Waals surface area contributed by atoms with Gasteiger partial charge in [0.25, 0.3) is 0 Å². The van der Waals surface area contributed by atoms with E-state index in [0.717, 1.165) is 16.9 Å². The van der Waals surface area contributed by atoms with Crippen molar-refractivity contribution in [1.82, 2.24) is 4.98 Å². The normalized spacial score (nSPS) is 11.6. The lowest BCUT2D eigenvalue weighted by molar-refractivity contribution is -0.117. The number of rotatable bonds is 6. The van der Waals surface area contributed by atoms with E-state index in [1.54, 1.807) is 18.3 Å². The smallest absolute Gasteiger partial charge is 0.242 e. The number of amides is 1. The molecule has 0 saturated heterocycles. The van der Waals surface area contributed by atoms with Crippen LogP contribution in [0.3, 0.4) is 0 Å². The number of pyridine rings is 1. The molecule has 5 nitrogen and oxygen atoms in total. The fourth-order valence-corrected chi connectivity index (χ4v) is 2.49. The molecule has 0 aliphatic heterocycles. The average Bonchev–Trinajstić information content (AvgIpc) is 2.68. The van der Waals surface area contributed by atoms with Gasteiger partial charge in [0.05, 0.1) is 6.04 Å². The van der Waals surface area contributed by atoms with Crippen LogP contribution in [0.25, 0.3) is 11.1 Å². The molecule has 0 aliphatic rings. The van der Waals surface area contributed by atoms with Crippen LogP contribution in [-0.4, -0.2) is 16.9 Å². The highest BCUT2D eigenvalue weighted by Gasteiger charge is 2.12. The molecule has 0 radical (unpaired) electrons. The van der Waals surface area contributed by atoms with Crippen molar-refractivity contribution in [1.29, 1.82) is 0 Å². The van der Waals surface area contributed by atoms with Crippen LogP contribution in [0.1, 0.15) is 13.3 Å². The fourth-order valence-electron chi connectivity index (χ4n) is 2.49. The van der Waals surface area contributed by atoms with Gasteiger partial charge < -0.3 is 15.8 Å². The molecule has 1 aromatic heterocycles. The van der Waals surface area contributed by atoms with E-state index in [-0.39, 0.29) is 5.91 Å². The van der Waals surface area contributed by atoms with E-state index in [9.17, 15) is 4.79 Å². The van der Waals surface area contributed by atoms with Crippen molar-refractivity contribution < 1.29 is 9.53 Å². The Morgan fingerprint density at radius 2 is 1.85 bits per heavy atom. The maximum Gasteiger partial charge on any atom is 0.242 e. The summed E-state index contributed by atoms with van der Waals surface area (Å²) in [6.45, 7) is 1.86. The van der Waals surface area contributed by atoms with Gasteiger partial charge in [-0.3, -0.25) is 4.79 Å². The molecule has 0 spiro atoms. The molecule has 0 saturated carbocycles. The van der Waals surface area contributed by atoms with Crippen LogP contribution in [0, 0.1) is 0 Å². The number of nitrogens with two attached hydrogens (primary N) is 1. The maximum absolute atomic E-state index is 11.9. The molecule has 1 unspecified atom stereocenters. The highest BCUT2D eigenvalue weighted by molar-refractivity contribution is 5.93. The van der Waals surface area contributed by atoms with Crippen molar-refractivity contribution in [3.8, 4) is 22.6 Å². The van der Waals surface area contributed by atoms with Gasteiger partial charge in [-0.2, -0.15) is 0 Å². The van der Waals surface area contributed by atoms with Gasteiger partial charge in [0.1, 0.15) is 17.3 Å². The van der Waals surface area contributed by atoms with E-state index in [2.05, 4.69) is 10.3 Å². The Labute approximate surface area is 152 Å². The van der Waals surface area contributed by atoms with Crippen molar-refractivity contribution >= 4 is 11.7 Å². The summed E-state index contributed by atoms with van der Waals surface area (Å²) in [5.74, 6) is 1.46. The average molecular weight is 347 g/mol. The summed E-state index contributed by atoms with van der Waals surface area (Å²) in [5.41, 5.74) is 7.80. The monoisotopic (exact) mass is 347 g/mol. The summed E-state index contributed by atoms with van der Waals surface area (Å²) in [4.78, 5) is 16.1. The summed E-state index contributed by atoms with van der Waals surface area (Å²) in [6.07, 6.45) is 2.15. The van der Waals surface area contributed by atoms with Crippen LogP contribution in [0.4, 0.5) is 5.82 Å². The van der Waals surface area contributed by atoms with Gasteiger partial charge in [0, 0.05) is 17.8 Å². The Morgan fingerprint density at radius 3 is 2.62 bits per heavy atom. The van der Waals surface area contributed by atoms with Crippen LogP contribution in [0.15, 0.2) is 72.9 Å². The Balaban J connectivity index is 1.82. The lowest BCUT2D eigenvalue weighted by Crippen LogP contribution is -2.35. The Bertz CT molecular complexity index is 881. The predicted molar refractivity (Wildman–Crippen MR) is 103 cm³/mol. The molecule has 5 heteroatoms. The van der Waals surface area contributed by atoms with E-state index in [1.807, 2.05) is 61.5 Å². The minimum absolute atomic E-state index is 0.262. The zero-order valence-electron chi connectivity index (χ0n) is 14.6. The first-order valence-electron chi connectivity index (χ1n) is 8.52. The molecule has 1 heterocycles. The van der Waals surface area contributed by atoms with Gasteiger partial charge in [-0.25, -0.2) is 4.98 Å². The highest BCUT2D eigenvalue weighted by atomic mass is 16.5. The van der Waals surface area contributed by atoms with Crippen molar-refractivity contribution in [2.45, 2.75) is 19.4 Å². The third-order valence-electron chi connectivity index (χ3n) is 3.96. The molecule has 0 bridgehead atoms. The second kappa shape index (κ2) is 8.27. The van der Waals surface area contributed by atoms with Crippen molar-refractivity contribution in [2.24, 2.45) is 5.73 Å². The fraction of sp³-hybridized carbons (Fsp3) is 0.143. The van der Waals surface area contributed by atoms with Crippen LogP contribution >= 0.6 is 0 Å². The Kier molecular flexibility index (Phi) is 5.61. The third-order valence-corrected chi connectivity index (χ3v) is 3.96. The summed E-state index contributed by atoms with van der Waals surface area (Å²) < 4.78 is 6.05. The van der Waals surface area contributed by atoms with Crippen LogP contribution in [0.5, 0.6) is 11.5 Å². The van der Waals surface area contributed by atoms with E-state index >= 15 is 0 Å². The summed E-state index contributed by atoms with van der Waals surface area (Å²) >= 11 is 0. The third kappa shape index (κ3) is 4.26. The topological polar surface area (TPSA) is 77.2 Å². The standard InChI is InChI=1S/C21H21N3O2/c1-2-18(22)21(25)24-20-14-16(12-13-23-20)26-19-11-7-6-10-17(19)15-8-4-3-5-9-15/h3-14,18H,2,22H2,1H3,(H,23,24,25). The number of carbonyl (C=O) groups excluding carboxylic acids is 1. The predicted octanol–water partition coefficient (Wildman–Crippen LogP) is 4.22. The minimum Gasteiger partial charge on any atom is -0.457 e. The van der Waals surface area contributed by atoms with Gasteiger partial charge in [0.15, 0.2) is 0 Å². The number of aromatic nitrogens is 1. The summed E-state index contributed by atoms with van der Waals surface area (Å²) in [7, 11) is 0. The van der Waals surface area contributed by atoms with Gasteiger partial charge in [-0.1, -0.05) is 55.5 Å². The lowest BCUT2D eigenvalue weighted by atomic mass is 10.1. The van der Waals surface area contributed by atoms with E-state index in [0.29, 0.717) is 18.0 Å². The summed E-state index contributed by atoms with van der Waals surface area (Å²) in [5, 5.41) is 2.71. The van der Waals surface area contributed by atoms with Gasteiger partial charge in [0.2, 0.25) is 5.91 Å². The zero-order valence-corrected chi connectivity index (χ0v) is 14.6. The lowest BCUT2D eigenvalue weighted by Gasteiger charge is -2.13. The highest BCUT2D eigenvalue weighted by Crippen LogP contribution is 2.33. The van der Waals surface area contributed by atoms with Crippen LogP contribution in [0.2, 0.25) is 0 Å². The molecular weight excluding hydrogens is 326 g/mol. The van der Waals surface area contributed by atoms with Crippen LogP contribution < -0.4 is 15.8 Å². The number of nitrogens with zero attached hydrogens (tertiary/aromatic N) is 1. The molecule has 1 atom stereocenters. The molecule has 2 aromatic carbocycles. The first kappa shape index (κ1) is 17.6. The minimum atomic E-state index is -0.555. The molecular formula is C21H21N3O2. The molecule has 3 N–H and O–H groups in total. The molecule has 132 valence electrons. The zero-order chi connectivity index (χ0) is 18.4. The number of anilines is 1. The molecule has 1 amide bonds. The van der Waals surface area contributed by atoms with E-state index < -0.39 is 6.04 Å². The Morgan fingerprint density at radius 1 is 1.12 bits per heavy atom. The summed E-state index contributed by atoms with van der Waals surface area (Å²) in [6, 6.07) is 20.7. The number of benzene rings is 2. The second-order valence-corrected chi connectivity index (χ2v) is 5.85. The van der Waals surface area contributed by atoms with E-state index in [1.165, 1.54) is 0 Å². The number of para-hydroxylation sites is 1. The number of nitrogens with one attached hydrogen (secondary N) is 1. The van der Waals surface area contributed by atoms with Gasteiger partial charge in [-0.05, 0) is 24.1 Å². The van der Waals surface area contributed by atoms with Crippen molar-refractivity contribution in [3.05, 3.63) is 72.9 Å². The quantitative estimate of drug-likeness (QED) is 0.700. The first-order valence-corrected chi connectivity index (χ1v) is 8.52.